The molecule has 96 valence electrons. The van der Waals surface area contributed by atoms with E-state index in [4.69, 9.17) is 5.26 Å². The summed E-state index contributed by atoms with van der Waals surface area (Å²) in [6.45, 7) is 5.79. The molecule has 0 heterocycles. The van der Waals surface area contributed by atoms with Crippen LogP contribution in [0.1, 0.15) is 34.7 Å². The van der Waals surface area contributed by atoms with E-state index >= 15 is 0 Å². The number of aliphatic hydroxyl groups is 1. The average Bonchev–Trinajstić information content (AvgIpc) is 2.38. The van der Waals surface area contributed by atoms with Gasteiger partial charge < -0.3 is 5.11 Å². The van der Waals surface area contributed by atoms with Crippen LogP contribution in [0.2, 0.25) is 0 Å². The molecule has 0 saturated carbocycles. The van der Waals surface area contributed by atoms with Crippen LogP contribution in [0.15, 0.2) is 42.5 Å². The maximum atomic E-state index is 10.8. The predicted molar refractivity (Wildman–Crippen MR) is 75.7 cm³/mol. The van der Waals surface area contributed by atoms with Gasteiger partial charge in [-0.05, 0) is 49.6 Å². The molecule has 0 fully saturated rings. The van der Waals surface area contributed by atoms with Crippen LogP contribution in [0.25, 0.3) is 0 Å². The minimum Gasteiger partial charge on any atom is -0.381 e. The van der Waals surface area contributed by atoms with Crippen molar-refractivity contribution in [2.45, 2.75) is 26.4 Å². The fourth-order valence-electron chi connectivity index (χ4n) is 2.41. The van der Waals surface area contributed by atoms with E-state index in [9.17, 15) is 5.11 Å². The first-order chi connectivity index (χ1) is 8.95. The van der Waals surface area contributed by atoms with Gasteiger partial charge in [-0.3, -0.25) is 0 Å². The molecule has 2 aromatic carbocycles. The SMILES string of the molecule is Cc1ccc(C(C)(O)c2cccc(C#N)c2)c(C)c1. The molecule has 2 heteroatoms. The second-order valence-corrected chi connectivity index (χ2v) is 5.08. The number of aryl methyl sites for hydroxylation is 2. The van der Waals surface area contributed by atoms with Crippen LogP contribution in [-0.4, -0.2) is 5.11 Å². The van der Waals surface area contributed by atoms with Crippen molar-refractivity contribution in [1.82, 2.24) is 0 Å². The minimum absolute atomic E-state index is 0.558. The molecule has 0 aliphatic carbocycles. The summed E-state index contributed by atoms with van der Waals surface area (Å²) in [5, 5.41) is 19.8. The fraction of sp³-hybridized carbons (Fsp3) is 0.235. The van der Waals surface area contributed by atoms with Gasteiger partial charge in [-0.25, -0.2) is 0 Å². The Morgan fingerprint density at radius 3 is 2.47 bits per heavy atom. The molecule has 19 heavy (non-hydrogen) atoms. The van der Waals surface area contributed by atoms with Crippen LogP contribution >= 0.6 is 0 Å². The smallest absolute Gasteiger partial charge is 0.112 e. The standard InChI is InChI=1S/C17H17NO/c1-12-7-8-16(13(2)9-12)17(3,19)15-6-4-5-14(10-15)11-18/h4-10,19H,1-3H3. The summed E-state index contributed by atoms with van der Waals surface area (Å²) < 4.78 is 0. The Morgan fingerprint density at radius 1 is 1.11 bits per heavy atom. The molecule has 0 spiro atoms. The van der Waals surface area contributed by atoms with Crippen LogP contribution in [0.4, 0.5) is 0 Å². The van der Waals surface area contributed by atoms with Gasteiger partial charge in [0.05, 0.1) is 11.6 Å². The molecular formula is C17H17NO. The molecular weight excluding hydrogens is 234 g/mol. The predicted octanol–water partition coefficient (Wildman–Crippen LogP) is 3.43. The zero-order chi connectivity index (χ0) is 14.0. The average molecular weight is 251 g/mol. The quantitative estimate of drug-likeness (QED) is 0.888. The zero-order valence-electron chi connectivity index (χ0n) is 11.4. The Labute approximate surface area is 114 Å². The molecule has 2 rings (SSSR count). The normalized spacial score (nSPS) is 13.6. The van der Waals surface area contributed by atoms with Crippen molar-refractivity contribution in [3.8, 4) is 6.07 Å². The van der Waals surface area contributed by atoms with Gasteiger partial charge in [0.15, 0.2) is 0 Å². The molecule has 0 bridgehead atoms. The summed E-state index contributed by atoms with van der Waals surface area (Å²) in [6, 6.07) is 15.2. The summed E-state index contributed by atoms with van der Waals surface area (Å²) in [5.74, 6) is 0. The van der Waals surface area contributed by atoms with Crippen LogP contribution in [0.5, 0.6) is 0 Å². The summed E-state index contributed by atoms with van der Waals surface area (Å²) in [4.78, 5) is 0. The molecule has 0 aliphatic heterocycles. The minimum atomic E-state index is -1.09. The lowest BCUT2D eigenvalue weighted by molar-refractivity contribution is 0.101. The largest absolute Gasteiger partial charge is 0.381 e. The maximum Gasteiger partial charge on any atom is 0.112 e. The van der Waals surface area contributed by atoms with Gasteiger partial charge in [0.2, 0.25) is 0 Å². The van der Waals surface area contributed by atoms with Crippen LogP contribution < -0.4 is 0 Å². The molecule has 1 N–H and O–H groups in total. The topological polar surface area (TPSA) is 44.0 Å². The second-order valence-electron chi connectivity index (χ2n) is 5.08. The van der Waals surface area contributed by atoms with Crippen molar-refractivity contribution in [3.63, 3.8) is 0 Å². The number of hydrogen-bond donors (Lipinski definition) is 1. The van der Waals surface area contributed by atoms with Crippen molar-refractivity contribution in [3.05, 3.63) is 70.3 Å². The van der Waals surface area contributed by atoms with Gasteiger partial charge in [-0.15, -0.1) is 0 Å². The molecule has 2 nitrogen and oxygen atoms in total. The first kappa shape index (κ1) is 13.3. The van der Waals surface area contributed by atoms with Crippen molar-refractivity contribution in [2.24, 2.45) is 0 Å². The summed E-state index contributed by atoms with van der Waals surface area (Å²) in [7, 11) is 0. The molecule has 1 atom stereocenters. The highest BCUT2D eigenvalue weighted by atomic mass is 16.3. The van der Waals surface area contributed by atoms with Crippen molar-refractivity contribution in [1.29, 1.82) is 5.26 Å². The number of rotatable bonds is 2. The highest BCUT2D eigenvalue weighted by molar-refractivity contribution is 5.44. The third kappa shape index (κ3) is 2.52. The highest BCUT2D eigenvalue weighted by Crippen LogP contribution is 2.32. The number of hydrogen-bond acceptors (Lipinski definition) is 2. The number of benzene rings is 2. The number of nitrogens with zero attached hydrogens (tertiary/aromatic N) is 1. The lowest BCUT2D eigenvalue weighted by Gasteiger charge is -2.26. The van der Waals surface area contributed by atoms with E-state index in [1.54, 1.807) is 25.1 Å². The van der Waals surface area contributed by atoms with E-state index in [1.807, 2.05) is 32.0 Å². The Kier molecular flexibility index (Phi) is 3.42. The Balaban J connectivity index is 2.55. The van der Waals surface area contributed by atoms with Crippen molar-refractivity contribution in [2.75, 3.05) is 0 Å². The fourth-order valence-corrected chi connectivity index (χ4v) is 2.41. The van der Waals surface area contributed by atoms with Crippen LogP contribution in [0, 0.1) is 25.2 Å². The lowest BCUT2D eigenvalue weighted by Crippen LogP contribution is -2.24. The molecule has 0 aliphatic rings. The van der Waals surface area contributed by atoms with E-state index in [2.05, 4.69) is 12.1 Å². The van der Waals surface area contributed by atoms with E-state index in [-0.39, 0.29) is 0 Å². The first-order valence-corrected chi connectivity index (χ1v) is 6.26. The highest BCUT2D eigenvalue weighted by Gasteiger charge is 2.27. The van der Waals surface area contributed by atoms with E-state index in [1.165, 1.54) is 5.56 Å². The summed E-state index contributed by atoms with van der Waals surface area (Å²) >= 11 is 0. The number of nitriles is 1. The Hall–Kier alpha value is -2.11. The third-order valence-corrected chi connectivity index (χ3v) is 3.46. The van der Waals surface area contributed by atoms with Crippen molar-refractivity contribution >= 4 is 0 Å². The summed E-state index contributed by atoms with van der Waals surface area (Å²) in [5.41, 5.74) is 3.29. The second kappa shape index (κ2) is 4.87. The van der Waals surface area contributed by atoms with Gasteiger partial charge in [-0.1, -0.05) is 35.9 Å². The van der Waals surface area contributed by atoms with Crippen LogP contribution in [-0.2, 0) is 5.60 Å². The Bertz CT molecular complexity index is 651. The zero-order valence-corrected chi connectivity index (χ0v) is 11.4. The first-order valence-electron chi connectivity index (χ1n) is 6.26. The lowest BCUT2D eigenvalue weighted by atomic mass is 9.84. The maximum absolute atomic E-state index is 10.8. The van der Waals surface area contributed by atoms with Crippen LogP contribution in [0.3, 0.4) is 0 Å². The molecule has 0 amide bonds. The summed E-state index contributed by atoms with van der Waals surface area (Å²) in [6.07, 6.45) is 0. The van der Waals surface area contributed by atoms with Gasteiger partial charge in [0, 0.05) is 0 Å². The Morgan fingerprint density at radius 2 is 1.84 bits per heavy atom. The van der Waals surface area contributed by atoms with E-state index in [0.29, 0.717) is 5.56 Å². The van der Waals surface area contributed by atoms with Gasteiger partial charge >= 0.3 is 0 Å². The van der Waals surface area contributed by atoms with Crippen molar-refractivity contribution < 1.29 is 5.11 Å². The third-order valence-electron chi connectivity index (χ3n) is 3.46. The molecule has 0 radical (unpaired) electrons. The van der Waals surface area contributed by atoms with E-state index in [0.717, 1.165) is 16.7 Å². The van der Waals surface area contributed by atoms with Gasteiger partial charge in [0.1, 0.15) is 5.60 Å². The van der Waals surface area contributed by atoms with E-state index < -0.39 is 5.60 Å². The molecule has 0 saturated heterocycles. The monoisotopic (exact) mass is 251 g/mol. The van der Waals surface area contributed by atoms with Gasteiger partial charge in [-0.2, -0.15) is 5.26 Å². The molecule has 1 unspecified atom stereocenters. The van der Waals surface area contributed by atoms with Gasteiger partial charge in [0.25, 0.3) is 0 Å². The molecule has 0 aromatic heterocycles. The molecule has 2 aromatic rings.